The first kappa shape index (κ1) is 18.5. The molecule has 2 amide bonds. The number of amides is 2. The zero-order valence-corrected chi connectivity index (χ0v) is 14.4. The number of anilines is 2. The predicted octanol–water partition coefficient (Wildman–Crippen LogP) is 2.74. The second kappa shape index (κ2) is 7.53. The van der Waals surface area contributed by atoms with Gasteiger partial charge < -0.3 is 15.0 Å². The minimum atomic E-state index is -0.893. The molecule has 0 radical (unpaired) electrons. The summed E-state index contributed by atoms with van der Waals surface area (Å²) in [5.74, 6) is -3.72. The third-order valence-corrected chi connectivity index (χ3v) is 4.26. The van der Waals surface area contributed by atoms with Crippen LogP contribution in [-0.2, 0) is 14.3 Å². The van der Waals surface area contributed by atoms with Gasteiger partial charge in [-0.3, -0.25) is 9.59 Å². The molecular weight excluding hydrogens is 358 g/mol. The molecule has 140 valence electrons. The topological polar surface area (TPSA) is 75.7 Å². The maximum Gasteiger partial charge on any atom is 0.337 e. The highest BCUT2D eigenvalue weighted by Gasteiger charge is 2.35. The van der Waals surface area contributed by atoms with Gasteiger partial charge in [0.15, 0.2) is 0 Å². The van der Waals surface area contributed by atoms with Gasteiger partial charge in [0.1, 0.15) is 11.6 Å². The normalized spacial score (nSPS) is 16.3. The lowest BCUT2D eigenvalue weighted by Gasteiger charge is -2.17. The van der Waals surface area contributed by atoms with Crippen LogP contribution in [0.2, 0.25) is 0 Å². The maximum absolute atomic E-state index is 13.7. The lowest BCUT2D eigenvalue weighted by molar-refractivity contribution is -0.122. The van der Waals surface area contributed by atoms with Crippen LogP contribution in [0.15, 0.2) is 42.5 Å². The average molecular weight is 374 g/mol. The van der Waals surface area contributed by atoms with Crippen molar-refractivity contribution >= 4 is 29.2 Å². The van der Waals surface area contributed by atoms with E-state index in [2.05, 4.69) is 10.1 Å². The summed E-state index contributed by atoms with van der Waals surface area (Å²) in [4.78, 5) is 37.7. The van der Waals surface area contributed by atoms with Crippen molar-refractivity contribution in [1.82, 2.24) is 0 Å². The highest BCUT2D eigenvalue weighted by Crippen LogP contribution is 2.27. The van der Waals surface area contributed by atoms with E-state index in [4.69, 9.17) is 0 Å². The highest BCUT2D eigenvalue weighted by molar-refractivity contribution is 6.04. The number of hydrogen-bond donors (Lipinski definition) is 1. The minimum Gasteiger partial charge on any atom is -0.465 e. The molecule has 2 aromatic rings. The minimum absolute atomic E-state index is 0.0584. The number of ether oxygens (including phenoxy) is 1. The molecule has 1 atom stereocenters. The molecule has 3 rings (SSSR count). The first-order chi connectivity index (χ1) is 12.9. The van der Waals surface area contributed by atoms with Crippen LogP contribution >= 0.6 is 0 Å². The molecule has 0 spiro atoms. The van der Waals surface area contributed by atoms with E-state index in [-0.39, 0.29) is 30.1 Å². The van der Waals surface area contributed by atoms with E-state index in [0.717, 1.165) is 12.1 Å². The Morgan fingerprint density at radius 3 is 2.67 bits per heavy atom. The Labute approximate surface area is 153 Å². The van der Waals surface area contributed by atoms with Gasteiger partial charge in [-0.1, -0.05) is 6.07 Å². The number of benzene rings is 2. The fourth-order valence-corrected chi connectivity index (χ4v) is 2.88. The quantitative estimate of drug-likeness (QED) is 0.835. The van der Waals surface area contributed by atoms with Crippen LogP contribution in [0.4, 0.5) is 20.2 Å². The number of methoxy groups -OCH3 is 1. The molecule has 1 heterocycles. The van der Waals surface area contributed by atoms with E-state index in [0.29, 0.717) is 11.8 Å². The standard InChI is InChI=1S/C19H16F2N2O4/c1-27-19(26)11-3-2-4-14(7-11)23-10-12(8-17(23)24)18(25)22-16-6-5-13(20)9-15(16)21/h2-7,9,12H,8,10H2,1H3,(H,22,25). The molecule has 2 aromatic carbocycles. The van der Waals surface area contributed by atoms with Gasteiger partial charge in [0, 0.05) is 24.7 Å². The summed E-state index contributed by atoms with van der Waals surface area (Å²) < 4.78 is 31.3. The largest absolute Gasteiger partial charge is 0.465 e. The number of carbonyl (C=O) groups excluding carboxylic acids is 3. The van der Waals surface area contributed by atoms with Crippen LogP contribution in [0.5, 0.6) is 0 Å². The summed E-state index contributed by atoms with van der Waals surface area (Å²) in [5, 5.41) is 2.38. The first-order valence-electron chi connectivity index (χ1n) is 8.13. The molecule has 0 aromatic heterocycles. The Morgan fingerprint density at radius 1 is 1.19 bits per heavy atom. The Kier molecular flexibility index (Phi) is 5.16. The fourth-order valence-electron chi connectivity index (χ4n) is 2.88. The van der Waals surface area contributed by atoms with E-state index in [1.165, 1.54) is 18.1 Å². The van der Waals surface area contributed by atoms with Crippen molar-refractivity contribution in [3.05, 3.63) is 59.7 Å². The van der Waals surface area contributed by atoms with Gasteiger partial charge in [-0.05, 0) is 30.3 Å². The smallest absolute Gasteiger partial charge is 0.337 e. The maximum atomic E-state index is 13.7. The number of nitrogens with zero attached hydrogens (tertiary/aromatic N) is 1. The van der Waals surface area contributed by atoms with Crippen molar-refractivity contribution in [2.45, 2.75) is 6.42 Å². The lowest BCUT2D eigenvalue weighted by atomic mass is 10.1. The Hall–Kier alpha value is -3.29. The molecule has 1 saturated heterocycles. The Balaban J connectivity index is 1.73. The average Bonchev–Trinajstić information content (AvgIpc) is 3.05. The Morgan fingerprint density at radius 2 is 1.96 bits per heavy atom. The molecule has 0 saturated carbocycles. The number of halogens is 2. The van der Waals surface area contributed by atoms with E-state index >= 15 is 0 Å². The molecule has 0 aliphatic carbocycles. The zero-order chi connectivity index (χ0) is 19.6. The Bertz CT molecular complexity index is 916. The van der Waals surface area contributed by atoms with Gasteiger partial charge >= 0.3 is 5.97 Å². The molecule has 1 fully saturated rings. The monoisotopic (exact) mass is 374 g/mol. The van der Waals surface area contributed by atoms with E-state index in [1.807, 2.05) is 0 Å². The summed E-state index contributed by atoms with van der Waals surface area (Å²) in [6.45, 7) is 0.0815. The fraction of sp³-hybridized carbons (Fsp3) is 0.211. The van der Waals surface area contributed by atoms with Crippen molar-refractivity contribution in [3.8, 4) is 0 Å². The number of rotatable bonds is 4. The molecule has 8 heteroatoms. The van der Waals surface area contributed by atoms with Crippen molar-refractivity contribution in [3.63, 3.8) is 0 Å². The number of esters is 1. The van der Waals surface area contributed by atoms with Crippen LogP contribution in [0, 0.1) is 17.6 Å². The van der Waals surface area contributed by atoms with Crippen LogP contribution in [-0.4, -0.2) is 31.4 Å². The van der Waals surface area contributed by atoms with Crippen LogP contribution in [0.1, 0.15) is 16.8 Å². The van der Waals surface area contributed by atoms with Gasteiger partial charge in [0.2, 0.25) is 11.8 Å². The first-order valence-corrected chi connectivity index (χ1v) is 8.13. The van der Waals surface area contributed by atoms with E-state index in [1.54, 1.807) is 18.2 Å². The summed E-state index contributed by atoms with van der Waals surface area (Å²) in [6.07, 6.45) is -0.0584. The molecule has 1 unspecified atom stereocenters. The van der Waals surface area contributed by atoms with E-state index < -0.39 is 29.4 Å². The summed E-state index contributed by atoms with van der Waals surface area (Å²) >= 11 is 0. The molecule has 1 aliphatic heterocycles. The van der Waals surface area contributed by atoms with Crippen LogP contribution in [0.3, 0.4) is 0 Å². The van der Waals surface area contributed by atoms with Gasteiger partial charge in [-0.15, -0.1) is 0 Å². The molecule has 27 heavy (non-hydrogen) atoms. The second-order valence-corrected chi connectivity index (χ2v) is 6.06. The molecule has 1 aliphatic rings. The zero-order valence-electron chi connectivity index (χ0n) is 14.4. The lowest BCUT2D eigenvalue weighted by Crippen LogP contribution is -2.28. The summed E-state index contributed by atoms with van der Waals surface area (Å²) in [6, 6.07) is 9.13. The van der Waals surface area contributed by atoms with E-state index in [9.17, 15) is 23.2 Å². The summed E-state index contributed by atoms with van der Waals surface area (Å²) in [5.41, 5.74) is 0.593. The third-order valence-electron chi connectivity index (χ3n) is 4.26. The molecule has 1 N–H and O–H groups in total. The van der Waals surface area contributed by atoms with Crippen LogP contribution in [0.25, 0.3) is 0 Å². The SMILES string of the molecule is COC(=O)c1cccc(N2CC(C(=O)Nc3ccc(F)cc3F)CC2=O)c1. The molecule has 0 bridgehead atoms. The van der Waals surface area contributed by atoms with Gasteiger partial charge in [0.05, 0.1) is 24.3 Å². The van der Waals surface area contributed by atoms with Gasteiger partial charge in [-0.2, -0.15) is 0 Å². The van der Waals surface area contributed by atoms with Crippen molar-refractivity contribution in [1.29, 1.82) is 0 Å². The van der Waals surface area contributed by atoms with Crippen molar-refractivity contribution < 1.29 is 27.9 Å². The van der Waals surface area contributed by atoms with Crippen molar-refractivity contribution in [2.75, 3.05) is 23.9 Å². The highest BCUT2D eigenvalue weighted by atomic mass is 19.1. The predicted molar refractivity (Wildman–Crippen MR) is 93.2 cm³/mol. The second-order valence-electron chi connectivity index (χ2n) is 6.06. The number of hydrogen-bond acceptors (Lipinski definition) is 4. The summed E-state index contributed by atoms with van der Waals surface area (Å²) in [7, 11) is 1.25. The molecule has 6 nitrogen and oxygen atoms in total. The third kappa shape index (κ3) is 3.94. The van der Waals surface area contributed by atoms with Crippen LogP contribution < -0.4 is 10.2 Å². The van der Waals surface area contributed by atoms with Gasteiger partial charge in [0.25, 0.3) is 0 Å². The molecular formula is C19H16F2N2O4. The van der Waals surface area contributed by atoms with Gasteiger partial charge in [-0.25, -0.2) is 13.6 Å². The number of carbonyl (C=O) groups is 3. The van der Waals surface area contributed by atoms with Crippen molar-refractivity contribution in [2.24, 2.45) is 5.92 Å². The number of nitrogens with one attached hydrogen (secondary N) is 1.